The normalized spacial score (nSPS) is 10.1. The van der Waals surface area contributed by atoms with E-state index in [0.29, 0.717) is 11.8 Å². The highest BCUT2D eigenvalue weighted by Crippen LogP contribution is 2.17. The fraction of sp³-hybridized carbons (Fsp3) is 0.556. The van der Waals surface area contributed by atoms with Gasteiger partial charge in [-0.1, -0.05) is 16.9 Å². The summed E-state index contributed by atoms with van der Waals surface area (Å²) in [5.74, 6) is 0. The van der Waals surface area contributed by atoms with E-state index in [1.54, 1.807) is 0 Å². The van der Waals surface area contributed by atoms with E-state index in [1.165, 1.54) is 11.3 Å². The maximum Gasteiger partial charge on any atom is 0.294 e. The fourth-order valence-electron chi connectivity index (χ4n) is 0.832. The Bertz CT molecular complexity index is 298. The molecule has 4 nitrogen and oxygen atoms in total. The summed E-state index contributed by atoms with van der Waals surface area (Å²) in [4.78, 5) is 0. The van der Waals surface area contributed by atoms with Crippen LogP contribution in [0.2, 0.25) is 0 Å². The highest BCUT2D eigenvalue weighted by atomic mass is 32.1. The van der Waals surface area contributed by atoms with E-state index >= 15 is 0 Å². The maximum absolute atomic E-state index is 5.40. The standard InChI is InChI=1S/C9H15N3OS/c1-7(2)4-5-13-9-12-11-8(14-9)6-10-3/h10H,1,4-6H2,2-3H3. The van der Waals surface area contributed by atoms with Gasteiger partial charge in [0.15, 0.2) is 0 Å². The molecule has 0 amide bonds. The van der Waals surface area contributed by atoms with Gasteiger partial charge in [-0.3, -0.25) is 0 Å². The quantitative estimate of drug-likeness (QED) is 0.729. The Morgan fingerprint density at radius 3 is 3.00 bits per heavy atom. The number of hydrogen-bond donors (Lipinski definition) is 1. The summed E-state index contributed by atoms with van der Waals surface area (Å²) in [5, 5.41) is 12.5. The monoisotopic (exact) mass is 213 g/mol. The molecule has 0 bridgehead atoms. The van der Waals surface area contributed by atoms with Crippen LogP contribution in [0.25, 0.3) is 0 Å². The van der Waals surface area contributed by atoms with Crippen molar-refractivity contribution >= 4 is 11.3 Å². The van der Waals surface area contributed by atoms with Crippen molar-refractivity contribution in [2.75, 3.05) is 13.7 Å². The minimum Gasteiger partial charge on any atom is -0.469 e. The van der Waals surface area contributed by atoms with E-state index < -0.39 is 0 Å². The average Bonchev–Trinajstić information content (AvgIpc) is 2.53. The molecule has 1 N–H and O–H groups in total. The van der Waals surface area contributed by atoms with Crippen LogP contribution in [0.3, 0.4) is 0 Å². The maximum atomic E-state index is 5.40. The molecule has 0 atom stereocenters. The van der Waals surface area contributed by atoms with E-state index in [2.05, 4.69) is 22.1 Å². The first-order chi connectivity index (χ1) is 6.72. The molecule has 0 fully saturated rings. The SMILES string of the molecule is C=C(C)CCOc1nnc(CNC)s1. The van der Waals surface area contributed by atoms with Crippen molar-refractivity contribution in [1.82, 2.24) is 15.5 Å². The second-order valence-corrected chi connectivity index (χ2v) is 4.07. The third-order valence-electron chi connectivity index (χ3n) is 1.53. The number of hydrogen-bond acceptors (Lipinski definition) is 5. The van der Waals surface area contributed by atoms with Gasteiger partial charge in [-0.2, -0.15) is 0 Å². The van der Waals surface area contributed by atoms with Crippen LogP contribution in [0, 0.1) is 0 Å². The molecule has 0 aliphatic carbocycles. The van der Waals surface area contributed by atoms with Crippen molar-refractivity contribution in [3.05, 3.63) is 17.2 Å². The molecule has 1 heterocycles. The number of nitrogens with zero attached hydrogens (tertiary/aromatic N) is 2. The van der Waals surface area contributed by atoms with Gasteiger partial charge in [0.25, 0.3) is 5.19 Å². The first kappa shape index (κ1) is 11.1. The van der Waals surface area contributed by atoms with E-state index in [1.807, 2.05) is 14.0 Å². The van der Waals surface area contributed by atoms with Crippen LogP contribution in [0.5, 0.6) is 5.19 Å². The Morgan fingerprint density at radius 2 is 2.36 bits per heavy atom. The zero-order chi connectivity index (χ0) is 10.4. The predicted octanol–water partition coefficient (Wildman–Crippen LogP) is 1.60. The lowest BCUT2D eigenvalue weighted by Gasteiger charge is -1.99. The third kappa shape index (κ3) is 3.85. The van der Waals surface area contributed by atoms with Crippen LogP contribution in [0.15, 0.2) is 12.2 Å². The molecule has 0 aliphatic heterocycles. The lowest BCUT2D eigenvalue weighted by Crippen LogP contribution is -2.04. The Kier molecular flexibility index (Phi) is 4.55. The Labute approximate surface area is 88.0 Å². The van der Waals surface area contributed by atoms with Gasteiger partial charge in [0.05, 0.1) is 6.61 Å². The molecular formula is C9H15N3OS. The number of rotatable bonds is 6. The van der Waals surface area contributed by atoms with Gasteiger partial charge in [-0.15, -0.1) is 16.8 Å². The highest BCUT2D eigenvalue weighted by Gasteiger charge is 2.03. The molecule has 0 unspecified atom stereocenters. The second kappa shape index (κ2) is 5.72. The molecule has 1 rings (SSSR count). The van der Waals surface area contributed by atoms with Gasteiger partial charge < -0.3 is 10.1 Å². The molecule has 0 radical (unpaired) electrons. The molecule has 0 aliphatic rings. The molecule has 0 saturated carbocycles. The summed E-state index contributed by atoms with van der Waals surface area (Å²) in [6.45, 7) is 7.15. The van der Waals surface area contributed by atoms with E-state index in [9.17, 15) is 0 Å². The van der Waals surface area contributed by atoms with Crippen LogP contribution < -0.4 is 10.1 Å². The Morgan fingerprint density at radius 1 is 1.57 bits per heavy atom. The van der Waals surface area contributed by atoms with Crippen molar-refractivity contribution in [2.24, 2.45) is 0 Å². The third-order valence-corrected chi connectivity index (χ3v) is 2.37. The summed E-state index contributed by atoms with van der Waals surface area (Å²) < 4.78 is 5.40. The van der Waals surface area contributed by atoms with Crippen molar-refractivity contribution in [3.8, 4) is 5.19 Å². The van der Waals surface area contributed by atoms with Gasteiger partial charge >= 0.3 is 0 Å². The molecule has 0 aromatic carbocycles. The van der Waals surface area contributed by atoms with Crippen molar-refractivity contribution in [1.29, 1.82) is 0 Å². The summed E-state index contributed by atoms with van der Waals surface area (Å²) in [7, 11) is 1.88. The topological polar surface area (TPSA) is 47.0 Å². The lowest BCUT2D eigenvalue weighted by atomic mass is 10.3. The molecule has 78 valence electrons. The minimum atomic E-state index is 0.628. The smallest absolute Gasteiger partial charge is 0.294 e. The van der Waals surface area contributed by atoms with E-state index in [-0.39, 0.29) is 0 Å². The minimum absolute atomic E-state index is 0.628. The second-order valence-electron chi connectivity index (χ2n) is 3.05. The zero-order valence-corrected chi connectivity index (χ0v) is 9.36. The van der Waals surface area contributed by atoms with Crippen LogP contribution in [0.1, 0.15) is 18.4 Å². The zero-order valence-electron chi connectivity index (χ0n) is 8.54. The molecule has 0 spiro atoms. The lowest BCUT2D eigenvalue weighted by molar-refractivity contribution is 0.317. The van der Waals surface area contributed by atoms with Crippen molar-refractivity contribution in [2.45, 2.75) is 19.9 Å². The van der Waals surface area contributed by atoms with Crippen LogP contribution >= 0.6 is 11.3 Å². The van der Waals surface area contributed by atoms with Crippen LogP contribution in [-0.2, 0) is 6.54 Å². The summed E-state index contributed by atoms with van der Waals surface area (Å²) >= 11 is 1.47. The summed E-state index contributed by atoms with van der Waals surface area (Å²) in [6, 6.07) is 0. The first-order valence-corrected chi connectivity index (χ1v) is 5.28. The molecule has 1 aromatic rings. The summed E-state index contributed by atoms with van der Waals surface area (Å²) in [5.41, 5.74) is 1.12. The Balaban J connectivity index is 2.32. The number of aromatic nitrogens is 2. The van der Waals surface area contributed by atoms with Gasteiger partial charge in [-0.25, -0.2) is 0 Å². The molecular weight excluding hydrogens is 198 g/mol. The van der Waals surface area contributed by atoms with Crippen LogP contribution in [-0.4, -0.2) is 23.9 Å². The van der Waals surface area contributed by atoms with Gasteiger partial charge in [0.1, 0.15) is 5.01 Å². The average molecular weight is 213 g/mol. The van der Waals surface area contributed by atoms with Crippen molar-refractivity contribution < 1.29 is 4.74 Å². The van der Waals surface area contributed by atoms with Crippen molar-refractivity contribution in [3.63, 3.8) is 0 Å². The summed E-state index contributed by atoms with van der Waals surface area (Å²) in [6.07, 6.45) is 0.862. The van der Waals surface area contributed by atoms with Gasteiger partial charge in [0.2, 0.25) is 0 Å². The molecule has 14 heavy (non-hydrogen) atoms. The fourth-order valence-corrected chi connectivity index (χ4v) is 1.56. The van der Waals surface area contributed by atoms with Crippen LogP contribution in [0.4, 0.5) is 0 Å². The van der Waals surface area contributed by atoms with Gasteiger partial charge in [0, 0.05) is 13.0 Å². The molecule has 0 saturated heterocycles. The highest BCUT2D eigenvalue weighted by molar-refractivity contribution is 7.13. The Hall–Kier alpha value is -0.940. The van der Waals surface area contributed by atoms with E-state index in [4.69, 9.17) is 4.74 Å². The largest absolute Gasteiger partial charge is 0.469 e. The molecule has 1 aromatic heterocycles. The van der Waals surface area contributed by atoms with E-state index in [0.717, 1.165) is 23.5 Å². The first-order valence-electron chi connectivity index (χ1n) is 4.46. The number of ether oxygens (including phenoxy) is 1. The predicted molar refractivity (Wildman–Crippen MR) is 57.6 cm³/mol. The number of nitrogens with one attached hydrogen (secondary N) is 1. The van der Waals surface area contributed by atoms with Gasteiger partial charge in [-0.05, 0) is 14.0 Å². The molecule has 5 heteroatoms.